The van der Waals surface area contributed by atoms with E-state index in [2.05, 4.69) is 30.7 Å². The number of hydrogen-bond donors (Lipinski definition) is 3. The minimum Gasteiger partial charge on any atom is -0.364 e. The van der Waals surface area contributed by atoms with Gasteiger partial charge in [-0.15, -0.1) is 0 Å². The highest BCUT2D eigenvalue weighted by Crippen LogP contribution is 2.39. The summed E-state index contributed by atoms with van der Waals surface area (Å²) in [5, 5.41) is 9.77. The summed E-state index contributed by atoms with van der Waals surface area (Å²) in [6, 6.07) is 3.71. The number of nitrogens with zero attached hydrogens (tertiary/aromatic N) is 5. The molecule has 4 N–H and O–H groups in total. The smallest absolute Gasteiger partial charge is 0.276 e. The normalized spacial score (nSPS) is 13.2. The predicted octanol–water partition coefficient (Wildman–Crippen LogP) is 1.58. The van der Waals surface area contributed by atoms with Gasteiger partial charge in [-0.05, 0) is 25.0 Å². The van der Waals surface area contributed by atoms with Crippen molar-refractivity contribution < 1.29 is 9.59 Å². The lowest BCUT2D eigenvalue weighted by Crippen LogP contribution is -2.20. The topological polar surface area (TPSA) is 141 Å². The third-order valence-corrected chi connectivity index (χ3v) is 4.28. The van der Waals surface area contributed by atoms with Gasteiger partial charge in [-0.1, -0.05) is 0 Å². The zero-order valence-corrected chi connectivity index (χ0v) is 15.1. The molecule has 0 atom stereocenters. The van der Waals surface area contributed by atoms with Crippen LogP contribution in [0.2, 0.25) is 0 Å². The van der Waals surface area contributed by atoms with E-state index in [0.717, 1.165) is 18.5 Å². The number of aryl methyl sites for hydroxylation is 1. The molecule has 3 heterocycles. The van der Waals surface area contributed by atoms with E-state index in [4.69, 9.17) is 5.73 Å². The lowest BCUT2D eigenvalue weighted by molar-refractivity contribution is 0.0995. The van der Waals surface area contributed by atoms with Gasteiger partial charge < -0.3 is 16.4 Å². The Kier molecular flexibility index (Phi) is 4.44. The molecule has 2 amide bonds. The predicted molar refractivity (Wildman–Crippen MR) is 101 cm³/mol. The number of nitrogens with two attached hydrogens (primary N) is 1. The SMILES string of the molecule is Cn1cc(NC(=O)c2nc(C3CC3)ccc2Nc2cncnc2)c(C(N)=O)n1. The largest absolute Gasteiger partial charge is 0.364 e. The van der Waals surface area contributed by atoms with Crippen molar-refractivity contribution in [3.63, 3.8) is 0 Å². The molecule has 3 aromatic rings. The van der Waals surface area contributed by atoms with Crippen LogP contribution in [0.25, 0.3) is 0 Å². The number of anilines is 3. The van der Waals surface area contributed by atoms with Gasteiger partial charge in [-0.25, -0.2) is 15.0 Å². The highest BCUT2D eigenvalue weighted by Gasteiger charge is 2.27. The van der Waals surface area contributed by atoms with Gasteiger partial charge in [0, 0.05) is 24.9 Å². The van der Waals surface area contributed by atoms with Crippen molar-refractivity contribution in [2.24, 2.45) is 12.8 Å². The molecule has 0 unspecified atom stereocenters. The van der Waals surface area contributed by atoms with Crippen LogP contribution in [-0.4, -0.2) is 36.5 Å². The molecule has 0 bridgehead atoms. The molecule has 1 aliphatic rings. The third kappa shape index (κ3) is 3.65. The van der Waals surface area contributed by atoms with Crippen molar-refractivity contribution in [1.82, 2.24) is 24.7 Å². The first kappa shape index (κ1) is 17.6. The van der Waals surface area contributed by atoms with Crippen LogP contribution >= 0.6 is 0 Å². The first-order valence-corrected chi connectivity index (χ1v) is 8.69. The first-order chi connectivity index (χ1) is 13.5. The highest BCUT2D eigenvalue weighted by atomic mass is 16.2. The fraction of sp³-hybridized carbons (Fsp3) is 0.222. The number of hydrogen-bond acceptors (Lipinski definition) is 7. The van der Waals surface area contributed by atoms with E-state index in [9.17, 15) is 9.59 Å². The average Bonchev–Trinajstić information content (AvgIpc) is 3.46. The van der Waals surface area contributed by atoms with Crippen molar-refractivity contribution in [3.8, 4) is 0 Å². The molecular formula is C18H18N8O2. The number of nitrogens with one attached hydrogen (secondary N) is 2. The van der Waals surface area contributed by atoms with Crippen LogP contribution < -0.4 is 16.4 Å². The minimum atomic E-state index is -0.727. The van der Waals surface area contributed by atoms with E-state index in [1.54, 1.807) is 25.5 Å². The van der Waals surface area contributed by atoms with Crippen LogP contribution in [0.5, 0.6) is 0 Å². The van der Waals surface area contributed by atoms with Crippen molar-refractivity contribution in [2.45, 2.75) is 18.8 Å². The van der Waals surface area contributed by atoms with Crippen LogP contribution in [0.4, 0.5) is 17.1 Å². The maximum absolute atomic E-state index is 13.0. The Morgan fingerprint density at radius 3 is 2.57 bits per heavy atom. The summed E-state index contributed by atoms with van der Waals surface area (Å²) in [4.78, 5) is 37.0. The van der Waals surface area contributed by atoms with E-state index in [1.807, 2.05) is 6.07 Å². The zero-order chi connectivity index (χ0) is 19.7. The van der Waals surface area contributed by atoms with Crippen molar-refractivity contribution in [1.29, 1.82) is 0 Å². The molecule has 0 radical (unpaired) electrons. The molecule has 28 heavy (non-hydrogen) atoms. The van der Waals surface area contributed by atoms with Crippen LogP contribution in [-0.2, 0) is 7.05 Å². The van der Waals surface area contributed by atoms with E-state index in [-0.39, 0.29) is 17.1 Å². The second kappa shape index (κ2) is 7.06. The van der Waals surface area contributed by atoms with Crippen molar-refractivity contribution >= 4 is 28.9 Å². The second-order valence-corrected chi connectivity index (χ2v) is 6.54. The Morgan fingerprint density at radius 2 is 1.89 bits per heavy atom. The maximum Gasteiger partial charge on any atom is 0.276 e. The molecule has 3 aromatic heterocycles. The first-order valence-electron chi connectivity index (χ1n) is 8.69. The van der Waals surface area contributed by atoms with Crippen molar-refractivity contribution in [2.75, 3.05) is 10.6 Å². The molecule has 1 saturated carbocycles. The van der Waals surface area contributed by atoms with Gasteiger partial charge in [0.15, 0.2) is 11.4 Å². The number of primary amides is 1. The summed E-state index contributed by atoms with van der Waals surface area (Å²) in [6.45, 7) is 0. The van der Waals surface area contributed by atoms with E-state index in [1.165, 1.54) is 17.2 Å². The lowest BCUT2D eigenvalue weighted by atomic mass is 10.2. The monoisotopic (exact) mass is 378 g/mol. The Hall–Kier alpha value is -3.82. The molecule has 10 heteroatoms. The molecule has 142 valence electrons. The quantitative estimate of drug-likeness (QED) is 0.591. The van der Waals surface area contributed by atoms with Gasteiger partial charge in [-0.2, -0.15) is 5.10 Å². The molecule has 0 aromatic carbocycles. The molecule has 4 rings (SSSR count). The standard InChI is InChI=1S/C18H18N8O2/c1-26-8-14(15(25-26)17(19)27)24-18(28)16-13(22-11-6-20-9-21-7-11)5-4-12(23-16)10-2-3-10/h4-10,22H,2-3H2,1H3,(H2,19,27)(H,24,28). The third-order valence-electron chi connectivity index (χ3n) is 4.28. The Labute approximate surface area is 160 Å². The van der Waals surface area contributed by atoms with Gasteiger partial charge in [0.1, 0.15) is 6.33 Å². The van der Waals surface area contributed by atoms with Gasteiger partial charge in [0.25, 0.3) is 11.8 Å². The maximum atomic E-state index is 13.0. The average molecular weight is 378 g/mol. The highest BCUT2D eigenvalue weighted by molar-refractivity contribution is 6.09. The molecule has 0 spiro atoms. The Bertz CT molecular complexity index is 1040. The number of rotatable bonds is 6. The minimum absolute atomic E-state index is 0.0137. The summed E-state index contributed by atoms with van der Waals surface area (Å²) < 4.78 is 1.41. The summed E-state index contributed by atoms with van der Waals surface area (Å²) >= 11 is 0. The van der Waals surface area contributed by atoms with E-state index >= 15 is 0 Å². The fourth-order valence-corrected chi connectivity index (χ4v) is 2.82. The number of amides is 2. The van der Waals surface area contributed by atoms with Gasteiger partial charge in [0.05, 0.1) is 29.5 Å². The molecule has 0 aliphatic heterocycles. The summed E-state index contributed by atoms with van der Waals surface area (Å²) in [5.74, 6) is -0.826. The van der Waals surface area contributed by atoms with Crippen LogP contribution in [0.3, 0.4) is 0 Å². The van der Waals surface area contributed by atoms with E-state index in [0.29, 0.717) is 17.3 Å². The Balaban J connectivity index is 1.67. The van der Waals surface area contributed by atoms with Crippen LogP contribution in [0.15, 0.2) is 37.1 Å². The van der Waals surface area contributed by atoms with Gasteiger partial charge in [-0.3, -0.25) is 14.3 Å². The number of carbonyl (C=O) groups is 2. The van der Waals surface area contributed by atoms with Crippen molar-refractivity contribution in [3.05, 3.63) is 54.1 Å². The van der Waals surface area contributed by atoms with Crippen LogP contribution in [0, 0.1) is 0 Å². The lowest BCUT2D eigenvalue weighted by Gasteiger charge is -2.12. The fourth-order valence-electron chi connectivity index (χ4n) is 2.82. The molecular weight excluding hydrogens is 360 g/mol. The van der Waals surface area contributed by atoms with Gasteiger partial charge >= 0.3 is 0 Å². The number of aromatic nitrogens is 5. The molecule has 0 saturated heterocycles. The molecule has 1 fully saturated rings. The number of carbonyl (C=O) groups excluding carboxylic acids is 2. The van der Waals surface area contributed by atoms with Gasteiger partial charge in [0.2, 0.25) is 0 Å². The van der Waals surface area contributed by atoms with Crippen LogP contribution in [0.1, 0.15) is 45.4 Å². The number of pyridine rings is 1. The Morgan fingerprint density at radius 1 is 1.14 bits per heavy atom. The summed E-state index contributed by atoms with van der Waals surface area (Å²) in [6.07, 6.45) is 8.23. The summed E-state index contributed by atoms with van der Waals surface area (Å²) in [5.41, 5.74) is 7.74. The summed E-state index contributed by atoms with van der Waals surface area (Å²) in [7, 11) is 1.64. The second-order valence-electron chi connectivity index (χ2n) is 6.54. The molecule has 1 aliphatic carbocycles. The zero-order valence-electron chi connectivity index (χ0n) is 15.1. The molecule has 10 nitrogen and oxygen atoms in total. The van der Waals surface area contributed by atoms with E-state index < -0.39 is 11.8 Å².